The summed E-state index contributed by atoms with van der Waals surface area (Å²) in [5.41, 5.74) is -0.280. The van der Waals surface area contributed by atoms with E-state index in [1.54, 1.807) is 19.2 Å². The van der Waals surface area contributed by atoms with E-state index in [9.17, 15) is 19.5 Å². The van der Waals surface area contributed by atoms with Crippen molar-refractivity contribution in [1.82, 2.24) is 10.1 Å². The summed E-state index contributed by atoms with van der Waals surface area (Å²) in [6.45, 7) is 9.60. The minimum Gasteiger partial charge on any atom is -0.495 e. The van der Waals surface area contributed by atoms with E-state index in [4.69, 9.17) is 30.5 Å². The first-order chi connectivity index (χ1) is 22.1. The highest BCUT2D eigenvalue weighted by Crippen LogP contribution is 2.52. The van der Waals surface area contributed by atoms with Crippen molar-refractivity contribution in [3.8, 4) is 5.75 Å². The molecule has 2 saturated heterocycles. The van der Waals surface area contributed by atoms with Crippen molar-refractivity contribution in [2.45, 2.75) is 95.9 Å². The number of likely N-dealkylation sites (N-methyl/N-ethyl adjacent to an activating group) is 1. The Morgan fingerprint density at radius 3 is 2.66 bits per heavy atom. The molecule has 47 heavy (non-hydrogen) atoms. The highest BCUT2D eigenvalue weighted by molar-refractivity contribution is 6.35. The number of aliphatic hydroxyl groups is 1. The van der Waals surface area contributed by atoms with Crippen LogP contribution in [0.1, 0.15) is 52.5 Å². The van der Waals surface area contributed by atoms with Crippen LogP contribution in [-0.2, 0) is 30.2 Å². The number of allylic oxidation sites excluding steroid dienone is 3. The van der Waals surface area contributed by atoms with E-state index in [0.717, 1.165) is 11.1 Å². The van der Waals surface area contributed by atoms with E-state index in [1.807, 2.05) is 64.6 Å². The topological polar surface area (TPSA) is 130 Å². The number of carbonyl (C=O) groups excluding carboxylic acids is 3. The van der Waals surface area contributed by atoms with Gasteiger partial charge >= 0.3 is 6.09 Å². The van der Waals surface area contributed by atoms with Gasteiger partial charge in [0, 0.05) is 45.3 Å². The fourth-order valence-corrected chi connectivity index (χ4v) is 7.09. The summed E-state index contributed by atoms with van der Waals surface area (Å²) in [5.74, 6) is -0.667. The molecule has 11 nitrogen and oxygen atoms in total. The van der Waals surface area contributed by atoms with Crippen molar-refractivity contribution < 1.29 is 38.4 Å². The SMILES string of the molecule is CBN(C)[C@@H](C)C(=O)C[C@H]1CC(=O)N(C)c2cc(cc(OC)c2Cl)C/C(C)=C/C=C/[C@@H](OC)[C@@]2(O)C[C@H](OC(=O)N2)[C@@H](C)[C@@H]2O[C@@]12C. The molecule has 13 heteroatoms. The molecule has 3 aliphatic heterocycles. The van der Waals surface area contributed by atoms with E-state index < -0.39 is 41.6 Å². The van der Waals surface area contributed by atoms with Crippen molar-refractivity contribution in [2.24, 2.45) is 11.8 Å². The molecular weight excluding hydrogens is 625 g/mol. The fourth-order valence-electron chi connectivity index (χ4n) is 6.78. The van der Waals surface area contributed by atoms with Crippen LogP contribution in [0.25, 0.3) is 0 Å². The van der Waals surface area contributed by atoms with Crippen LogP contribution in [0, 0.1) is 11.8 Å². The number of carbonyl (C=O) groups is 3. The van der Waals surface area contributed by atoms with Crippen LogP contribution in [0.15, 0.2) is 35.9 Å². The molecule has 0 radical (unpaired) electrons. The third-order valence-electron chi connectivity index (χ3n) is 10.3. The first-order valence-electron chi connectivity index (χ1n) is 16.2. The predicted molar refractivity (Wildman–Crippen MR) is 182 cm³/mol. The zero-order valence-corrected chi connectivity index (χ0v) is 29.7. The number of epoxide rings is 1. The van der Waals surface area contributed by atoms with Gasteiger partial charge in [0.15, 0.2) is 5.72 Å². The van der Waals surface area contributed by atoms with Crippen LogP contribution < -0.4 is 15.0 Å². The number of anilines is 1. The van der Waals surface area contributed by atoms with Crippen LogP contribution in [0.2, 0.25) is 11.8 Å². The molecule has 0 aliphatic carbocycles. The number of hydrogen-bond donors (Lipinski definition) is 2. The van der Waals surface area contributed by atoms with Crippen molar-refractivity contribution in [3.05, 3.63) is 46.5 Å². The summed E-state index contributed by atoms with van der Waals surface area (Å²) >= 11 is 6.76. The lowest BCUT2D eigenvalue weighted by molar-refractivity contribution is -0.142. The molecule has 4 rings (SSSR count). The highest BCUT2D eigenvalue weighted by atomic mass is 35.5. The molecule has 1 aromatic rings. The lowest BCUT2D eigenvalue weighted by atomic mass is 9.77. The molecule has 3 heterocycles. The van der Waals surface area contributed by atoms with Crippen LogP contribution in [0.3, 0.4) is 0 Å². The molecule has 2 fully saturated rings. The van der Waals surface area contributed by atoms with Gasteiger partial charge in [0.2, 0.25) is 13.3 Å². The molecule has 4 bridgehead atoms. The zero-order chi connectivity index (χ0) is 34.8. The quantitative estimate of drug-likeness (QED) is 0.325. The summed E-state index contributed by atoms with van der Waals surface area (Å²) in [4.78, 5) is 43.9. The Balaban J connectivity index is 1.79. The molecule has 0 unspecified atom stereocenters. The molecule has 258 valence electrons. The number of alkyl carbamates (subject to hydrolysis) is 1. The second-order valence-electron chi connectivity index (χ2n) is 13.4. The van der Waals surface area contributed by atoms with Gasteiger partial charge < -0.3 is 33.8 Å². The second kappa shape index (κ2) is 14.7. The van der Waals surface area contributed by atoms with E-state index >= 15 is 0 Å². The standard InChI is InChI=1S/C34H49BClN3O8/c1-19-11-10-12-28(45-9)34(43)18-27(46-32(42)37-34)20(2)31-33(4,47-31)23(16-25(40)21(3)39(7)35-5)17-29(41)38(6)24-14-22(13-19)15-26(44-8)30(24)36/h10-12,14-15,20-21,23,27-28,31,35,43H,13,16-18H2,1-9H3,(H,37,42)/b12-10+,19-11+/t20-,21+,23+,27+,28-,31+,33+,34+/m1/s1. The van der Waals surface area contributed by atoms with Crippen LogP contribution in [-0.4, -0.2) is 99.1 Å². The predicted octanol–water partition coefficient (Wildman–Crippen LogP) is 4.05. The Bertz CT molecular complexity index is 1420. The number of benzene rings is 1. The van der Waals surface area contributed by atoms with Crippen molar-refractivity contribution in [2.75, 3.05) is 33.2 Å². The molecule has 2 amide bonds. The van der Waals surface area contributed by atoms with E-state index in [-0.39, 0.29) is 42.9 Å². The minimum absolute atomic E-state index is 0.00215. The Morgan fingerprint density at radius 2 is 2.02 bits per heavy atom. The number of nitrogens with one attached hydrogen (secondary N) is 1. The van der Waals surface area contributed by atoms with Gasteiger partial charge in [0.05, 0.1) is 30.5 Å². The van der Waals surface area contributed by atoms with Gasteiger partial charge in [-0.15, -0.1) is 0 Å². The Hall–Kier alpha value is -2.90. The van der Waals surface area contributed by atoms with Gasteiger partial charge in [-0.3, -0.25) is 14.9 Å². The number of ketones is 1. The Labute approximate surface area is 283 Å². The van der Waals surface area contributed by atoms with Gasteiger partial charge in [-0.1, -0.05) is 49.1 Å². The molecule has 0 spiro atoms. The number of rotatable bonds is 7. The molecule has 8 atom stereocenters. The smallest absolute Gasteiger partial charge is 0.409 e. The lowest BCUT2D eigenvalue weighted by Gasteiger charge is -2.42. The van der Waals surface area contributed by atoms with Crippen LogP contribution in [0.5, 0.6) is 5.75 Å². The fraction of sp³-hybridized carbons (Fsp3) is 0.618. The molecule has 3 aliphatic rings. The maximum atomic E-state index is 14.0. The second-order valence-corrected chi connectivity index (χ2v) is 13.8. The third kappa shape index (κ3) is 7.89. The monoisotopic (exact) mass is 673 g/mol. The Morgan fingerprint density at radius 1 is 1.32 bits per heavy atom. The molecule has 2 N–H and O–H groups in total. The third-order valence-corrected chi connectivity index (χ3v) is 10.6. The molecular formula is C34H49BClN3O8. The maximum absolute atomic E-state index is 14.0. The van der Waals surface area contributed by atoms with Gasteiger partial charge in [-0.2, -0.15) is 0 Å². The van der Waals surface area contributed by atoms with Gasteiger partial charge in [0.1, 0.15) is 28.8 Å². The van der Waals surface area contributed by atoms with E-state index in [0.29, 0.717) is 30.3 Å². The summed E-state index contributed by atoms with van der Waals surface area (Å²) in [6.07, 6.45) is 3.22. The van der Waals surface area contributed by atoms with E-state index in [1.165, 1.54) is 19.1 Å². The maximum Gasteiger partial charge on any atom is 0.409 e. The summed E-state index contributed by atoms with van der Waals surface area (Å²) < 4.78 is 23.3. The molecule has 1 aromatic carbocycles. The average molecular weight is 674 g/mol. The number of fused-ring (bicyclic) bond motifs is 5. The Kier molecular flexibility index (Phi) is 11.5. The zero-order valence-electron chi connectivity index (χ0n) is 29.0. The molecule has 0 saturated carbocycles. The number of ether oxygens (including phenoxy) is 4. The normalized spacial score (nSPS) is 33.9. The van der Waals surface area contributed by atoms with Crippen molar-refractivity contribution >= 4 is 42.5 Å². The van der Waals surface area contributed by atoms with Crippen LogP contribution in [0.4, 0.5) is 10.5 Å². The summed E-state index contributed by atoms with van der Waals surface area (Å²) in [7, 11) is 7.25. The number of methoxy groups -OCH3 is 2. The van der Waals surface area contributed by atoms with Gasteiger partial charge in [0.25, 0.3) is 0 Å². The first-order valence-corrected chi connectivity index (χ1v) is 16.6. The largest absolute Gasteiger partial charge is 0.495 e. The van der Waals surface area contributed by atoms with Crippen LogP contribution >= 0.6 is 11.6 Å². The number of Topliss-reactive ketones (excluding diaryl/α,β-unsaturated/α-hetero) is 1. The average Bonchev–Trinajstić information content (AvgIpc) is 3.73. The van der Waals surface area contributed by atoms with Crippen molar-refractivity contribution in [3.63, 3.8) is 0 Å². The summed E-state index contributed by atoms with van der Waals surface area (Å²) in [5, 5.41) is 14.5. The first kappa shape index (κ1) is 36.9. The number of hydrogen-bond acceptors (Lipinski definition) is 9. The summed E-state index contributed by atoms with van der Waals surface area (Å²) in [6, 6.07) is 3.35. The van der Waals surface area contributed by atoms with Crippen molar-refractivity contribution in [1.29, 1.82) is 0 Å². The van der Waals surface area contributed by atoms with E-state index in [2.05, 4.69) is 5.32 Å². The van der Waals surface area contributed by atoms with Gasteiger partial charge in [-0.05, 0) is 51.9 Å². The highest BCUT2D eigenvalue weighted by Gasteiger charge is 2.63. The minimum atomic E-state index is -1.75. The molecule has 0 aromatic heterocycles. The van der Waals surface area contributed by atoms with Gasteiger partial charge in [-0.25, -0.2) is 4.79 Å². The number of amides is 2. The number of nitrogens with zero attached hydrogens (tertiary/aromatic N) is 2. The number of halogens is 1. The lowest BCUT2D eigenvalue weighted by Crippen LogP contribution is -2.63.